The Bertz CT molecular complexity index is 1000. The first-order chi connectivity index (χ1) is 14.4. The number of para-hydroxylation sites is 1. The lowest BCUT2D eigenvalue weighted by Crippen LogP contribution is -2.60. The summed E-state index contributed by atoms with van der Waals surface area (Å²) < 4.78 is 23.9. The summed E-state index contributed by atoms with van der Waals surface area (Å²) in [6.07, 6.45) is 2.28. The number of hydrogen-bond acceptors (Lipinski definition) is 6. The minimum absolute atomic E-state index is 0.0963. The largest absolute Gasteiger partial charge is 0.497 e. The van der Waals surface area contributed by atoms with Gasteiger partial charge < -0.3 is 18.9 Å². The molecular formula is C24H28N2O4. The molecule has 3 aliphatic heterocycles. The summed E-state index contributed by atoms with van der Waals surface area (Å²) >= 11 is 0. The molecule has 0 unspecified atom stereocenters. The summed E-state index contributed by atoms with van der Waals surface area (Å²) in [6.45, 7) is 4.87. The van der Waals surface area contributed by atoms with E-state index < -0.39 is 5.72 Å². The van der Waals surface area contributed by atoms with Crippen LogP contribution in [0, 0.1) is 0 Å². The molecule has 30 heavy (non-hydrogen) atoms. The minimum atomic E-state index is -0.561. The van der Waals surface area contributed by atoms with Gasteiger partial charge in [0.15, 0.2) is 11.5 Å². The van der Waals surface area contributed by atoms with Crippen LogP contribution >= 0.6 is 0 Å². The fourth-order valence-electron chi connectivity index (χ4n) is 4.98. The molecule has 1 spiro atoms. The Hall–Kier alpha value is -2.73. The maximum atomic E-state index is 6.75. The van der Waals surface area contributed by atoms with Crippen molar-refractivity contribution in [2.24, 2.45) is 5.10 Å². The second-order valence-corrected chi connectivity index (χ2v) is 8.80. The number of methoxy groups -OCH3 is 2. The van der Waals surface area contributed by atoms with Crippen molar-refractivity contribution in [1.82, 2.24) is 5.01 Å². The van der Waals surface area contributed by atoms with E-state index in [0.29, 0.717) is 6.61 Å². The van der Waals surface area contributed by atoms with Crippen LogP contribution in [0.3, 0.4) is 0 Å². The molecule has 158 valence electrons. The van der Waals surface area contributed by atoms with Crippen molar-refractivity contribution >= 4 is 5.71 Å². The van der Waals surface area contributed by atoms with E-state index in [-0.39, 0.29) is 11.6 Å². The molecule has 3 heterocycles. The van der Waals surface area contributed by atoms with E-state index >= 15 is 0 Å². The highest BCUT2D eigenvalue weighted by Crippen LogP contribution is 2.54. The lowest BCUT2D eigenvalue weighted by molar-refractivity contribution is -0.212. The Morgan fingerprint density at radius 3 is 2.70 bits per heavy atom. The van der Waals surface area contributed by atoms with Crippen molar-refractivity contribution in [2.45, 2.75) is 50.5 Å². The summed E-state index contributed by atoms with van der Waals surface area (Å²) in [6, 6.07) is 14.3. The van der Waals surface area contributed by atoms with Crippen LogP contribution in [-0.2, 0) is 4.74 Å². The molecular weight excluding hydrogens is 380 g/mol. The highest BCUT2D eigenvalue weighted by atomic mass is 16.6. The monoisotopic (exact) mass is 408 g/mol. The Kier molecular flexibility index (Phi) is 4.43. The van der Waals surface area contributed by atoms with Crippen LogP contribution in [0.4, 0.5) is 0 Å². The maximum Gasteiger partial charge on any atom is 0.203 e. The quantitative estimate of drug-likeness (QED) is 0.747. The van der Waals surface area contributed by atoms with Gasteiger partial charge in [0.05, 0.1) is 38.2 Å². The van der Waals surface area contributed by atoms with E-state index in [2.05, 4.69) is 31.0 Å². The second kappa shape index (κ2) is 6.91. The smallest absolute Gasteiger partial charge is 0.203 e. The fourth-order valence-corrected chi connectivity index (χ4v) is 4.98. The Morgan fingerprint density at radius 1 is 1.10 bits per heavy atom. The Balaban J connectivity index is 1.62. The van der Waals surface area contributed by atoms with Crippen molar-refractivity contribution < 1.29 is 18.9 Å². The van der Waals surface area contributed by atoms with E-state index in [1.807, 2.05) is 30.3 Å². The van der Waals surface area contributed by atoms with Gasteiger partial charge in [0, 0.05) is 30.4 Å². The second-order valence-electron chi connectivity index (χ2n) is 8.80. The Morgan fingerprint density at radius 2 is 1.93 bits per heavy atom. The zero-order valence-corrected chi connectivity index (χ0v) is 18.0. The molecule has 0 saturated carbocycles. The zero-order valence-electron chi connectivity index (χ0n) is 18.0. The molecule has 2 aromatic rings. The van der Waals surface area contributed by atoms with Gasteiger partial charge in [0.1, 0.15) is 5.75 Å². The summed E-state index contributed by atoms with van der Waals surface area (Å²) in [7, 11) is 3.38. The van der Waals surface area contributed by atoms with Crippen LogP contribution in [0.25, 0.3) is 0 Å². The van der Waals surface area contributed by atoms with Gasteiger partial charge in [-0.1, -0.05) is 24.3 Å². The molecule has 2 aromatic carbocycles. The third-order valence-electron chi connectivity index (χ3n) is 6.30. The van der Waals surface area contributed by atoms with Crippen LogP contribution < -0.4 is 14.2 Å². The van der Waals surface area contributed by atoms with Crippen molar-refractivity contribution in [3.63, 3.8) is 0 Å². The molecule has 0 radical (unpaired) electrons. The first kappa shape index (κ1) is 19.2. The average Bonchev–Trinajstić information content (AvgIpc) is 3.20. The molecule has 0 aliphatic carbocycles. The number of hydrazone groups is 1. The predicted octanol–water partition coefficient (Wildman–Crippen LogP) is 4.53. The lowest BCUT2D eigenvalue weighted by Gasteiger charge is -2.52. The fraction of sp³-hybridized carbons (Fsp3) is 0.458. The van der Waals surface area contributed by atoms with Gasteiger partial charge in [-0.05, 0) is 32.0 Å². The van der Waals surface area contributed by atoms with E-state index in [9.17, 15) is 0 Å². The van der Waals surface area contributed by atoms with E-state index in [4.69, 9.17) is 24.0 Å². The van der Waals surface area contributed by atoms with Crippen molar-refractivity contribution in [3.05, 3.63) is 53.6 Å². The van der Waals surface area contributed by atoms with E-state index in [0.717, 1.165) is 53.3 Å². The molecule has 0 amide bonds. The van der Waals surface area contributed by atoms with Crippen LogP contribution in [0.1, 0.15) is 50.3 Å². The van der Waals surface area contributed by atoms with Gasteiger partial charge in [-0.25, -0.2) is 5.01 Å². The first-order valence-electron chi connectivity index (χ1n) is 10.5. The Labute approximate surface area is 177 Å². The molecule has 0 N–H and O–H groups in total. The number of benzene rings is 2. The van der Waals surface area contributed by atoms with E-state index in [1.54, 1.807) is 14.2 Å². The van der Waals surface area contributed by atoms with Crippen molar-refractivity contribution in [2.75, 3.05) is 20.8 Å². The van der Waals surface area contributed by atoms with Crippen LogP contribution in [-0.4, -0.2) is 42.9 Å². The van der Waals surface area contributed by atoms with Gasteiger partial charge in [0.2, 0.25) is 5.72 Å². The SMILES string of the molecule is COc1cccc(C2=NN3[C@H](C2)c2cccc(OC)c2O[C@@]32CCOC(C)(C)C2)c1. The summed E-state index contributed by atoms with van der Waals surface area (Å²) in [4.78, 5) is 0. The van der Waals surface area contributed by atoms with Crippen LogP contribution in [0.2, 0.25) is 0 Å². The lowest BCUT2D eigenvalue weighted by atomic mass is 9.86. The van der Waals surface area contributed by atoms with E-state index in [1.165, 1.54) is 0 Å². The summed E-state index contributed by atoms with van der Waals surface area (Å²) in [5.74, 6) is 2.44. The number of hydrogen-bond donors (Lipinski definition) is 0. The summed E-state index contributed by atoms with van der Waals surface area (Å²) in [5.41, 5.74) is 2.38. The molecule has 0 aromatic heterocycles. The van der Waals surface area contributed by atoms with Gasteiger partial charge in [-0.2, -0.15) is 5.10 Å². The van der Waals surface area contributed by atoms with Crippen LogP contribution in [0.5, 0.6) is 17.2 Å². The summed E-state index contributed by atoms with van der Waals surface area (Å²) in [5, 5.41) is 7.31. The molecule has 2 atom stereocenters. The highest BCUT2D eigenvalue weighted by molar-refractivity contribution is 6.02. The predicted molar refractivity (Wildman–Crippen MR) is 114 cm³/mol. The van der Waals surface area contributed by atoms with Crippen molar-refractivity contribution in [3.8, 4) is 17.2 Å². The molecule has 6 nitrogen and oxygen atoms in total. The molecule has 0 bridgehead atoms. The molecule has 5 rings (SSSR count). The normalized spacial score (nSPS) is 26.5. The van der Waals surface area contributed by atoms with Crippen LogP contribution in [0.15, 0.2) is 47.6 Å². The standard InChI is InChI=1S/C24H28N2O4/c1-23(2)15-24(11-12-29-23)26-20(18-9-6-10-21(28-4)22(18)30-24)14-19(25-26)16-7-5-8-17(13-16)27-3/h5-10,13,20H,11-12,14-15H2,1-4H3/t20-,24-/m1/s1. The number of nitrogens with zero attached hydrogens (tertiary/aromatic N) is 2. The zero-order chi connectivity index (χ0) is 20.9. The number of rotatable bonds is 3. The first-order valence-corrected chi connectivity index (χ1v) is 10.5. The molecule has 1 saturated heterocycles. The van der Waals surface area contributed by atoms with Gasteiger partial charge in [0.25, 0.3) is 0 Å². The third-order valence-corrected chi connectivity index (χ3v) is 6.30. The van der Waals surface area contributed by atoms with Gasteiger partial charge in [-0.3, -0.25) is 0 Å². The number of ether oxygens (including phenoxy) is 4. The molecule has 3 aliphatic rings. The van der Waals surface area contributed by atoms with Gasteiger partial charge in [-0.15, -0.1) is 0 Å². The number of fused-ring (bicyclic) bond motifs is 4. The minimum Gasteiger partial charge on any atom is -0.497 e. The third kappa shape index (κ3) is 3.01. The maximum absolute atomic E-state index is 6.75. The highest BCUT2D eigenvalue weighted by Gasteiger charge is 2.55. The molecule has 1 fully saturated rings. The van der Waals surface area contributed by atoms with Gasteiger partial charge >= 0.3 is 0 Å². The molecule has 6 heteroatoms. The average molecular weight is 408 g/mol. The van der Waals surface area contributed by atoms with Crippen molar-refractivity contribution in [1.29, 1.82) is 0 Å². The topological polar surface area (TPSA) is 52.5 Å².